The molecule has 6 nitrogen and oxygen atoms in total. The molecule has 70 valence electrons. The minimum atomic E-state index is -0.816. The van der Waals surface area contributed by atoms with E-state index in [0.717, 1.165) is 0 Å². The molecule has 0 aliphatic heterocycles. The fourth-order valence-electron chi connectivity index (χ4n) is 0.368. The van der Waals surface area contributed by atoms with E-state index in [2.05, 4.69) is 18.9 Å². The molecule has 0 atom stereocenters. The van der Waals surface area contributed by atoms with E-state index in [1.54, 1.807) is 0 Å². The first kappa shape index (κ1) is 10.5. The Morgan fingerprint density at radius 2 is 1.25 bits per heavy atom. The largest absolute Gasteiger partial charge is 0.508 e. The zero-order valence-electron chi connectivity index (χ0n) is 6.86. The van der Waals surface area contributed by atoms with Crippen molar-refractivity contribution in [3.8, 4) is 0 Å². The van der Waals surface area contributed by atoms with Gasteiger partial charge in [0.1, 0.15) is 13.2 Å². The molecule has 0 heterocycles. The van der Waals surface area contributed by atoms with Crippen LogP contribution in [0.5, 0.6) is 0 Å². The van der Waals surface area contributed by atoms with Gasteiger partial charge in [-0.05, 0) is 0 Å². The van der Waals surface area contributed by atoms with Gasteiger partial charge in [-0.1, -0.05) is 0 Å². The van der Waals surface area contributed by atoms with Crippen molar-refractivity contribution in [2.75, 3.05) is 27.4 Å². The number of carbonyl (C=O) groups excluding carboxylic acids is 2. The van der Waals surface area contributed by atoms with Crippen molar-refractivity contribution in [2.45, 2.75) is 0 Å². The summed E-state index contributed by atoms with van der Waals surface area (Å²) in [6.07, 6.45) is -1.63. The fourth-order valence-corrected chi connectivity index (χ4v) is 0.368. The van der Waals surface area contributed by atoms with Crippen LogP contribution in [0, 0.1) is 0 Å². The first-order valence-corrected chi connectivity index (χ1v) is 3.12. The van der Waals surface area contributed by atoms with Crippen LogP contribution < -0.4 is 0 Å². The fraction of sp³-hybridized carbons (Fsp3) is 0.667. The van der Waals surface area contributed by atoms with Gasteiger partial charge in [-0.3, -0.25) is 0 Å². The van der Waals surface area contributed by atoms with Crippen LogP contribution in [0.25, 0.3) is 0 Å². The second kappa shape index (κ2) is 6.26. The smallest absolute Gasteiger partial charge is 0.438 e. The molecule has 0 rings (SSSR count). The van der Waals surface area contributed by atoms with Crippen molar-refractivity contribution in [3.63, 3.8) is 0 Å². The predicted molar refractivity (Wildman–Crippen MR) is 36.7 cm³/mol. The lowest BCUT2D eigenvalue weighted by Crippen LogP contribution is -2.13. The van der Waals surface area contributed by atoms with Gasteiger partial charge in [0.05, 0.1) is 14.2 Å². The Balaban J connectivity index is 3.21. The Hall–Kier alpha value is -1.46. The van der Waals surface area contributed by atoms with Gasteiger partial charge in [-0.2, -0.15) is 0 Å². The molecule has 0 radical (unpaired) electrons. The monoisotopic (exact) mass is 178 g/mol. The Labute approximate surface area is 69.3 Å². The van der Waals surface area contributed by atoms with E-state index in [1.165, 1.54) is 14.2 Å². The average molecular weight is 178 g/mol. The summed E-state index contributed by atoms with van der Waals surface area (Å²) < 4.78 is 17.1. The maximum Gasteiger partial charge on any atom is 0.508 e. The molecule has 12 heavy (non-hydrogen) atoms. The normalized spacial score (nSPS) is 8.50. The standard InChI is InChI=1S/C6H10O6/c1-9-5(7)11-3-4-12-6(8)10-2/h3-4H2,1-2H3. The predicted octanol–water partition coefficient (Wildman–Crippen LogP) is 0.552. The number of ether oxygens (including phenoxy) is 4. The topological polar surface area (TPSA) is 71.1 Å². The Morgan fingerprint density at radius 1 is 0.917 bits per heavy atom. The minimum absolute atomic E-state index is 0.0538. The van der Waals surface area contributed by atoms with Crippen molar-refractivity contribution in [1.29, 1.82) is 0 Å². The SMILES string of the molecule is COC(=O)OCCOC(=O)OC. The lowest BCUT2D eigenvalue weighted by atomic mass is 10.8. The summed E-state index contributed by atoms with van der Waals surface area (Å²) in [7, 11) is 2.37. The van der Waals surface area contributed by atoms with E-state index in [9.17, 15) is 9.59 Å². The molecule has 0 fully saturated rings. The van der Waals surface area contributed by atoms with Crippen LogP contribution in [-0.4, -0.2) is 39.7 Å². The maximum atomic E-state index is 10.3. The summed E-state index contributed by atoms with van der Waals surface area (Å²) >= 11 is 0. The molecule has 0 saturated heterocycles. The van der Waals surface area contributed by atoms with Gasteiger partial charge in [0.25, 0.3) is 0 Å². The zero-order chi connectivity index (χ0) is 9.40. The minimum Gasteiger partial charge on any atom is -0.438 e. The highest BCUT2D eigenvalue weighted by molar-refractivity contribution is 5.60. The van der Waals surface area contributed by atoms with E-state index < -0.39 is 12.3 Å². The number of rotatable bonds is 3. The molecule has 0 aromatic carbocycles. The lowest BCUT2D eigenvalue weighted by molar-refractivity contribution is 0.0322. The molecular formula is C6H10O6. The molecule has 6 heteroatoms. The zero-order valence-corrected chi connectivity index (χ0v) is 6.86. The summed E-state index contributed by atoms with van der Waals surface area (Å²) in [6.45, 7) is -0.108. The van der Waals surface area contributed by atoms with Gasteiger partial charge >= 0.3 is 12.3 Å². The van der Waals surface area contributed by atoms with E-state index in [4.69, 9.17) is 0 Å². The highest BCUT2D eigenvalue weighted by atomic mass is 16.7. The summed E-state index contributed by atoms with van der Waals surface area (Å²) in [5.74, 6) is 0. The van der Waals surface area contributed by atoms with Gasteiger partial charge in [0.15, 0.2) is 0 Å². The summed E-state index contributed by atoms with van der Waals surface area (Å²) in [5, 5.41) is 0. The molecule has 0 spiro atoms. The third kappa shape index (κ3) is 5.33. The summed E-state index contributed by atoms with van der Waals surface area (Å²) in [6, 6.07) is 0. The van der Waals surface area contributed by atoms with Crippen LogP contribution in [0.15, 0.2) is 0 Å². The Morgan fingerprint density at radius 3 is 1.50 bits per heavy atom. The van der Waals surface area contributed by atoms with Gasteiger partial charge in [0.2, 0.25) is 0 Å². The first-order valence-electron chi connectivity index (χ1n) is 3.12. The molecule has 0 saturated carbocycles. The van der Waals surface area contributed by atoms with Crippen LogP contribution in [-0.2, 0) is 18.9 Å². The number of hydrogen-bond acceptors (Lipinski definition) is 6. The maximum absolute atomic E-state index is 10.3. The Kier molecular flexibility index (Phi) is 5.50. The molecule has 0 amide bonds. The van der Waals surface area contributed by atoms with E-state index in [0.29, 0.717) is 0 Å². The number of methoxy groups -OCH3 is 2. The molecule has 0 N–H and O–H groups in total. The van der Waals surface area contributed by atoms with Crippen LogP contribution >= 0.6 is 0 Å². The van der Waals surface area contributed by atoms with Gasteiger partial charge < -0.3 is 18.9 Å². The number of carbonyl (C=O) groups is 2. The van der Waals surface area contributed by atoms with Gasteiger partial charge in [0, 0.05) is 0 Å². The van der Waals surface area contributed by atoms with Crippen molar-refractivity contribution < 1.29 is 28.5 Å². The second-order valence-electron chi connectivity index (χ2n) is 1.61. The van der Waals surface area contributed by atoms with Crippen LogP contribution in [0.3, 0.4) is 0 Å². The molecule has 0 aliphatic carbocycles. The van der Waals surface area contributed by atoms with E-state index >= 15 is 0 Å². The van der Waals surface area contributed by atoms with Gasteiger partial charge in [-0.25, -0.2) is 9.59 Å². The molecule has 0 unspecified atom stereocenters. The van der Waals surface area contributed by atoms with Crippen molar-refractivity contribution in [1.82, 2.24) is 0 Å². The quantitative estimate of drug-likeness (QED) is 0.464. The second-order valence-corrected chi connectivity index (χ2v) is 1.61. The molecule has 0 bridgehead atoms. The average Bonchev–Trinajstić information content (AvgIpc) is 2.11. The van der Waals surface area contributed by atoms with Crippen LogP contribution in [0.1, 0.15) is 0 Å². The molecule has 0 aliphatic rings. The van der Waals surface area contributed by atoms with Crippen LogP contribution in [0.4, 0.5) is 9.59 Å². The van der Waals surface area contributed by atoms with Gasteiger partial charge in [-0.15, -0.1) is 0 Å². The first-order chi connectivity index (χ1) is 5.70. The highest BCUT2D eigenvalue weighted by Crippen LogP contribution is 1.85. The molecule has 0 aromatic heterocycles. The Bertz CT molecular complexity index is 136. The van der Waals surface area contributed by atoms with Crippen molar-refractivity contribution in [3.05, 3.63) is 0 Å². The van der Waals surface area contributed by atoms with E-state index in [-0.39, 0.29) is 13.2 Å². The lowest BCUT2D eigenvalue weighted by Gasteiger charge is -2.03. The van der Waals surface area contributed by atoms with Crippen LogP contribution in [0.2, 0.25) is 0 Å². The van der Waals surface area contributed by atoms with Crippen molar-refractivity contribution in [2.24, 2.45) is 0 Å². The highest BCUT2D eigenvalue weighted by Gasteiger charge is 2.02. The third-order valence-corrected chi connectivity index (χ3v) is 0.856. The van der Waals surface area contributed by atoms with E-state index in [1.807, 2.05) is 0 Å². The third-order valence-electron chi connectivity index (χ3n) is 0.856. The molecule has 0 aromatic rings. The molecular weight excluding hydrogens is 168 g/mol. The number of hydrogen-bond donors (Lipinski definition) is 0. The van der Waals surface area contributed by atoms with Crippen molar-refractivity contribution >= 4 is 12.3 Å². The summed E-state index contributed by atoms with van der Waals surface area (Å²) in [5.41, 5.74) is 0. The summed E-state index contributed by atoms with van der Waals surface area (Å²) in [4.78, 5) is 20.6.